The van der Waals surface area contributed by atoms with E-state index >= 15 is 0 Å². The standard InChI is InChI=1S/C14H15ClFN5O/c1-8-13(14(22)18-7-9-5-17-6-9)19-20-21(8)10-2-3-12(16)11(15)4-10/h2-4,9,17H,5-7H2,1H3,(H,18,22). The Balaban J connectivity index is 1.78. The predicted molar refractivity (Wildman–Crippen MR) is 79.8 cm³/mol. The van der Waals surface area contributed by atoms with Crippen LogP contribution in [0.3, 0.4) is 0 Å². The molecule has 1 aromatic carbocycles. The molecule has 1 saturated heterocycles. The molecule has 116 valence electrons. The van der Waals surface area contributed by atoms with Gasteiger partial charge in [0.15, 0.2) is 5.69 Å². The lowest BCUT2D eigenvalue weighted by atomic mass is 10.0. The van der Waals surface area contributed by atoms with Crippen LogP contribution in [0.1, 0.15) is 16.2 Å². The molecule has 2 N–H and O–H groups in total. The van der Waals surface area contributed by atoms with Gasteiger partial charge in [-0.2, -0.15) is 0 Å². The van der Waals surface area contributed by atoms with Gasteiger partial charge in [-0.1, -0.05) is 16.8 Å². The Morgan fingerprint density at radius 3 is 2.95 bits per heavy atom. The fourth-order valence-electron chi connectivity index (χ4n) is 2.21. The first-order valence-corrected chi connectivity index (χ1v) is 7.30. The number of benzene rings is 1. The molecule has 3 rings (SSSR count). The van der Waals surface area contributed by atoms with Gasteiger partial charge in [-0.15, -0.1) is 5.10 Å². The van der Waals surface area contributed by atoms with Gasteiger partial charge in [0, 0.05) is 25.6 Å². The van der Waals surface area contributed by atoms with E-state index in [1.807, 2.05) is 0 Å². The van der Waals surface area contributed by atoms with Crippen LogP contribution in [0.5, 0.6) is 0 Å². The van der Waals surface area contributed by atoms with E-state index < -0.39 is 5.82 Å². The zero-order valence-corrected chi connectivity index (χ0v) is 12.7. The molecular formula is C14H15ClFN5O. The van der Waals surface area contributed by atoms with Gasteiger partial charge < -0.3 is 10.6 Å². The molecule has 0 bridgehead atoms. The molecule has 0 spiro atoms. The average molecular weight is 324 g/mol. The van der Waals surface area contributed by atoms with Crippen LogP contribution in [0.2, 0.25) is 5.02 Å². The van der Waals surface area contributed by atoms with Crippen molar-refractivity contribution in [2.75, 3.05) is 19.6 Å². The zero-order valence-electron chi connectivity index (χ0n) is 11.9. The molecule has 2 aromatic rings. The number of carbonyl (C=O) groups is 1. The number of halogens is 2. The molecule has 2 heterocycles. The van der Waals surface area contributed by atoms with Crippen LogP contribution in [-0.2, 0) is 0 Å². The van der Waals surface area contributed by atoms with E-state index in [0.717, 1.165) is 13.1 Å². The molecule has 0 saturated carbocycles. The Hall–Kier alpha value is -1.99. The van der Waals surface area contributed by atoms with Gasteiger partial charge in [-0.05, 0) is 25.1 Å². The molecule has 8 heteroatoms. The van der Waals surface area contributed by atoms with Crippen LogP contribution in [0.25, 0.3) is 5.69 Å². The van der Waals surface area contributed by atoms with Crippen LogP contribution >= 0.6 is 11.6 Å². The quantitative estimate of drug-likeness (QED) is 0.890. The number of aromatic nitrogens is 3. The monoisotopic (exact) mass is 323 g/mol. The SMILES string of the molecule is Cc1c(C(=O)NCC2CNC2)nnn1-c1ccc(F)c(Cl)c1. The first kappa shape index (κ1) is 14.9. The number of amides is 1. The molecule has 6 nitrogen and oxygen atoms in total. The van der Waals surface area contributed by atoms with Crippen molar-refractivity contribution in [1.82, 2.24) is 25.6 Å². The first-order valence-electron chi connectivity index (χ1n) is 6.93. The van der Waals surface area contributed by atoms with Crippen molar-refractivity contribution in [2.45, 2.75) is 6.92 Å². The van der Waals surface area contributed by atoms with E-state index in [4.69, 9.17) is 11.6 Å². The van der Waals surface area contributed by atoms with Crippen molar-refractivity contribution >= 4 is 17.5 Å². The minimum Gasteiger partial charge on any atom is -0.350 e. The Morgan fingerprint density at radius 1 is 1.55 bits per heavy atom. The van der Waals surface area contributed by atoms with Crippen molar-refractivity contribution in [3.05, 3.63) is 40.4 Å². The lowest BCUT2D eigenvalue weighted by molar-refractivity contribution is 0.0936. The van der Waals surface area contributed by atoms with Gasteiger partial charge >= 0.3 is 0 Å². The zero-order chi connectivity index (χ0) is 15.7. The van der Waals surface area contributed by atoms with E-state index in [1.165, 1.54) is 22.9 Å². The molecule has 1 aromatic heterocycles. The Morgan fingerprint density at radius 2 is 2.32 bits per heavy atom. The molecule has 0 aliphatic carbocycles. The van der Waals surface area contributed by atoms with E-state index in [2.05, 4.69) is 20.9 Å². The van der Waals surface area contributed by atoms with Gasteiger partial charge in [-0.25, -0.2) is 9.07 Å². The molecule has 1 amide bonds. The molecule has 22 heavy (non-hydrogen) atoms. The van der Waals surface area contributed by atoms with Crippen molar-refractivity contribution in [3.63, 3.8) is 0 Å². The molecule has 1 aliphatic rings. The highest BCUT2D eigenvalue weighted by Crippen LogP contribution is 2.20. The van der Waals surface area contributed by atoms with E-state index in [-0.39, 0.29) is 16.6 Å². The first-order chi connectivity index (χ1) is 10.6. The lowest BCUT2D eigenvalue weighted by Gasteiger charge is -2.26. The molecular weight excluding hydrogens is 309 g/mol. The maximum absolute atomic E-state index is 13.2. The third-order valence-corrected chi connectivity index (χ3v) is 3.96. The molecule has 0 unspecified atom stereocenters. The maximum Gasteiger partial charge on any atom is 0.273 e. The summed E-state index contributed by atoms with van der Waals surface area (Å²) in [4.78, 5) is 12.1. The summed E-state index contributed by atoms with van der Waals surface area (Å²) >= 11 is 5.77. The predicted octanol–water partition coefficient (Wildman–Crippen LogP) is 1.32. The maximum atomic E-state index is 13.2. The Labute approximate surface area is 131 Å². The highest BCUT2D eigenvalue weighted by molar-refractivity contribution is 6.30. The van der Waals surface area contributed by atoms with Crippen LogP contribution < -0.4 is 10.6 Å². The summed E-state index contributed by atoms with van der Waals surface area (Å²) in [6.07, 6.45) is 0. The van der Waals surface area contributed by atoms with Crippen LogP contribution in [0.4, 0.5) is 4.39 Å². The summed E-state index contributed by atoms with van der Waals surface area (Å²) in [6.45, 7) is 4.18. The normalized spacial score (nSPS) is 14.7. The summed E-state index contributed by atoms with van der Waals surface area (Å²) in [5.74, 6) is -0.297. The number of nitrogens with one attached hydrogen (secondary N) is 2. The second-order valence-electron chi connectivity index (χ2n) is 5.27. The Bertz CT molecular complexity index is 713. The third kappa shape index (κ3) is 2.82. The van der Waals surface area contributed by atoms with Crippen LogP contribution in [0, 0.1) is 18.7 Å². The topological polar surface area (TPSA) is 71.8 Å². The molecule has 0 atom stereocenters. The number of carbonyl (C=O) groups excluding carboxylic acids is 1. The molecule has 0 radical (unpaired) electrons. The van der Waals surface area contributed by atoms with Gasteiger partial charge in [0.25, 0.3) is 5.91 Å². The summed E-state index contributed by atoms with van der Waals surface area (Å²) < 4.78 is 14.7. The average Bonchev–Trinajstić information content (AvgIpc) is 2.82. The summed E-state index contributed by atoms with van der Waals surface area (Å²) in [6, 6.07) is 4.23. The fraction of sp³-hybridized carbons (Fsp3) is 0.357. The summed E-state index contributed by atoms with van der Waals surface area (Å²) in [5.41, 5.74) is 1.39. The van der Waals surface area contributed by atoms with Gasteiger partial charge in [0.05, 0.1) is 16.4 Å². The summed E-state index contributed by atoms with van der Waals surface area (Å²) in [7, 11) is 0. The second-order valence-corrected chi connectivity index (χ2v) is 5.68. The van der Waals surface area contributed by atoms with Gasteiger partial charge in [-0.3, -0.25) is 4.79 Å². The number of hydrogen-bond donors (Lipinski definition) is 2. The number of hydrogen-bond acceptors (Lipinski definition) is 4. The van der Waals surface area contributed by atoms with E-state index in [9.17, 15) is 9.18 Å². The minimum absolute atomic E-state index is 0.00381. The fourth-order valence-corrected chi connectivity index (χ4v) is 2.39. The van der Waals surface area contributed by atoms with Crippen molar-refractivity contribution in [2.24, 2.45) is 5.92 Å². The minimum atomic E-state index is -0.504. The van der Waals surface area contributed by atoms with Crippen LogP contribution in [0.15, 0.2) is 18.2 Å². The second kappa shape index (κ2) is 6.02. The number of rotatable bonds is 4. The van der Waals surface area contributed by atoms with Crippen molar-refractivity contribution in [3.8, 4) is 5.69 Å². The number of nitrogens with zero attached hydrogens (tertiary/aromatic N) is 3. The molecule has 1 aliphatic heterocycles. The third-order valence-electron chi connectivity index (χ3n) is 3.67. The van der Waals surface area contributed by atoms with Crippen molar-refractivity contribution < 1.29 is 9.18 Å². The van der Waals surface area contributed by atoms with Crippen LogP contribution in [-0.4, -0.2) is 40.5 Å². The largest absolute Gasteiger partial charge is 0.350 e. The lowest BCUT2D eigenvalue weighted by Crippen LogP contribution is -2.48. The highest BCUT2D eigenvalue weighted by atomic mass is 35.5. The van der Waals surface area contributed by atoms with E-state index in [1.54, 1.807) is 6.92 Å². The van der Waals surface area contributed by atoms with Gasteiger partial charge in [0.1, 0.15) is 5.82 Å². The molecule has 1 fully saturated rings. The highest BCUT2D eigenvalue weighted by Gasteiger charge is 2.21. The smallest absolute Gasteiger partial charge is 0.273 e. The summed E-state index contributed by atoms with van der Waals surface area (Å²) in [5, 5.41) is 13.9. The Kier molecular flexibility index (Phi) is 4.08. The van der Waals surface area contributed by atoms with Gasteiger partial charge in [0.2, 0.25) is 0 Å². The van der Waals surface area contributed by atoms with Crippen molar-refractivity contribution in [1.29, 1.82) is 0 Å². The van der Waals surface area contributed by atoms with E-state index in [0.29, 0.717) is 23.8 Å².